The molecule has 1 aromatic heterocycles. The molecule has 1 heterocycles. The lowest BCUT2D eigenvalue weighted by Crippen LogP contribution is -1.79. The Hall–Kier alpha value is -2.12. The van der Waals surface area contributed by atoms with Crippen LogP contribution in [0.5, 0.6) is 0 Å². The molecule has 98 valence electrons. The SMILES string of the molecule is C=C/C(=C\C=C/C)c1ccc2sc3ccccc3c2c1. The average molecular weight is 276 g/mol. The van der Waals surface area contributed by atoms with Crippen molar-refractivity contribution in [2.45, 2.75) is 6.92 Å². The van der Waals surface area contributed by atoms with Crippen molar-refractivity contribution in [3.8, 4) is 0 Å². The molecule has 0 fully saturated rings. The van der Waals surface area contributed by atoms with E-state index in [1.807, 2.05) is 36.5 Å². The van der Waals surface area contributed by atoms with Crippen LogP contribution >= 0.6 is 11.3 Å². The second-order valence-corrected chi connectivity index (χ2v) is 5.74. The highest BCUT2D eigenvalue weighted by molar-refractivity contribution is 7.25. The Bertz CT molecular complexity index is 831. The number of fused-ring (bicyclic) bond motifs is 3. The molecule has 0 N–H and O–H groups in total. The summed E-state index contributed by atoms with van der Waals surface area (Å²) in [7, 11) is 0. The third-order valence-corrected chi connectivity index (χ3v) is 4.55. The number of hydrogen-bond acceptors (Lipinski definition) is 1. The van der Waals surface area contributed by atoms with Gasteiger partial charge in [-0.1, -0.05) is 55.1 Å². The molecule has 0 aliphatic carbocycles. The molecule has 0 amide bonds. The van der Waals surface area contributed by atoms with Crippen LogP contribution in [-0.2, 0) is 0 Å². The van der Waals surface area contributed by atoms with E-state index in [-0.39, 0.29) is 0 Å². The van der Waals surface area contributed by atoms with Crippen molar-refractivity contribution in [2.24, 2.45) is 0 Å². The van der Waals surface area contributed by atoms with Gasteiger partial charge in [0.05, 0.1) is 0 Å². The van der Waals surface area contributed by atoms with Gasteiger partial charge in [0.2, 0.25) is 0 Å². The van der Waals surface area contributed by atoms with E-state index in [1.165, 1.54) is 25.7 Å². The first-order valence-electron chi connectivity index (χ1n) is 6.70. The average Bonchev–Trinajstić information content (AvgIpc) is 2.86. The molecule has 0 aliphatic heterocycles. The number of hydrogen-bond donors (Lipinski definition) is 0. The van der Waals surface area contributed by atoms with E-state index < -0.39 is 0 Å². The highest BCUT2D eigenvalue weighted by Crippen LogP contribution is 2.35. The lowest BCUT2D eigenvalue weighted by molar-refractivity contribution is 1.68. The molecular weight excluding hydrogens is 260 g/mol. The predicted octanol–water partition coefficient (Wildman–Crippen LogP) is 6.20. The van der Waals surface area contributed by atoms with Gasteiger partial charge in [-0.05, 0) is 36.3 Å². The molecule has 0 aliphatic rings. The first kappa shape index (κ1) is 12.9. The van der Waals surface area contributed by atoms with Gasteiger partial charge in [-0.25, -0.2) is 0 Å². The zero-order chi connectivity index (χ0) is 13.9. The third kappa shape index (κ3) is 2.21. The van der Waals surface area contributed by atoms with Gasteiger partial charge >= 0.3 is 0 Å². The molecule has 3 aromatic rings. The van der Waals surface area contributed by atoms with Crippen molar-refractivity contribution in [1.82, 2.24) is 0 Å². The largest absolute Gasteiger partial charge is 0.135 e. The van der Waals surface area contributed by atoms with Crippen molar-refractivity contribution >= 4 is 37.1 Å². The Morgan fingerprint density at radius 1 is 1.05 bits per heavy atom. The molecule has 0 nitrogen and oxygen atoms in total. The Morgan fingerprint density at radius 3 is 2.65 bits per heavy atom. The summed E-state index contributed by atoms with van der Waals surface area (Å²) in [6, 6.07) is 15.2. The van der Waals surface area contributed by atoms with E-state index in [1.54, 1.807) is 0 Å². The van der Waals surface area contributed by atoms with E-state index in [0.717, 1.165) is 5.57 Å². The van der Waals surface area contributed by atoms with Gasteiger partial charge in [-0.3, -0.25) is 0 Å². The maximum atomic E-state index is 3.92. The van der Waals surface area contributed by atoms with Gasteiger partial charge in [0.15, 0.2) is 0 Å². The molecule has 0 unspecified atom stereocenters. The molecule has 0 radical (unpaired) electrons. The van der Waals surface area contributed by atoms with E-state index in [2.05, 4.69) is 55.1 Å². The van der Waals surface area contributed by atoms with Crippen molar-refractivity contribution in [1.29, 1.82) is 0 Å². The minimum Gasteiger partial charge on any atom is -0.135 e. The normalized spacial score (nSPS) is 12.6. The summed E-state index contributed by atoms with van der Waals surface area (Å²) >= 11 is 1.85. The highest BCUT2D eigenvalue weighted by Gasteiger charge is 2.06. The minimum absolute atomic E-state index is 1.15. The van der Waals surface area contributed by atoms with E-state index >= 15 is 0 Å². The smallest absolute Gasteiger partial charge is 0.0355 e. The summed E-state index contributed by atoms with van der Waals surface area (Å²) in [5, 5.41) is 2.67. The Labute approximate surface area is 123 Å². The van der Waals surface area contributed by atoms with Gasteiger partial charge < -0.3 is 0 Å². The van der Waals surface area contributed by atoms with Crippen molar-refractivity contribution in [2.75, 3.05) is 0 Å². The van der Waals surface area contributed by atoms with Crippen LogP contribution in [0.4, 0.5) is 0 Å². The maximum Gasteiger partial charge on any atom is 0.0355 e. The second kappa shape index (κ2) is 5.48. The van der Waals surface area contributed by atoms with Crippen LogP contribution in [0, 0.1) is 0 Å². The molecule has 0 saturated heterocycles. The van der Waals surface area contributed by atoms with Gasteiger partial charge in [-0.2, -0.15) is 0 Å². The zero-order valence-electron chi connectivity index (χ0n) is 11.5. The summed E-state index contributed by atoms with van der Waals surface area (Å²) in [4.78, 5) is 0. The van der Waals surface area contributed by atoms with Gasteiger partial charge in [0, 0.05) is 20.2 Å². The number of rotatable bonds is 3. The second-order valence-electron chi connectivity index (χ2n) is 4.66. The zero-order valence-corrected chi connectivity index (χ0v) is 12.3. The van der Waals surface area contributed by atoms with E-state index in [9.17, 15) is 0 Å². The summed E-state index contributed by atoms with van der Waals surface area (Å²) < 4.78 is 2.68. The van der Waals surface area contributed by atoms with Crippen LogP contribution in [0.25, 0.3) is 25.7 Å². The number of thiophene rings is 1. The summed E-state index contributed by atoms with van der Waals surface area (Å²) in [5.41, 5.74) is 2.37. The number of allylic oxidation sites excluding steroid dienone is 5. The van der Waals surface area contributed by atoms with Crippen LogP contribution in [-0.4, -0.2) is 0 Å². The lowest BCUT2D eigenvalue weighted by atomic mass is 10.0. The molecular formula is C19H16S. The highest BCUT2D eigenvalue weighted by atomic mass is 32.1. The van der Waals surface area contributed by atoms with Crippen molar-refractivity contribution in [3.63, 3.8) is 0 Å². The fourth-order valence-corrected chi connectivity index (χ4v) is 3.47. The van der Waals surface area contributed by atoms with Crippen LogP contribution in [0.2, 0.25) is 0 Å². The molecule has 0 spiro atoms. The van der Waals surface area contributed by atoms with Crippen LogP contribution in [0.15, 0.2) is 73.3 Å². The Kier molecular flexibility index (Phi) is 3.53. The van der Waals surface area contributed by atoms with E-state index in [0.29, 0.717) is 0 Å². The fourth-order valence-electron chi connectivity index (χ4n) is 2.39. The van der Waals surface area contributed by atoms with Gasteiger partial charge in [0.1, 0.15) is 0 Å². The monoisotopic (exact) mass is 276 g/mol. The molecule has 2 aromatic carbocycles. The first-order valence-corrected chi connectivity index (χ1v) is 7.52. The molecule has 0 atom stereocenters. The molecule has 3 rings (SSSR count). The van der Waals surface area contributed by atoms with Crippen LogP contribution in [0.1, 0.15) is 12.5 Å². The number of benzene rings is 2. The third-order valence-electron chi connectivity index (χ3n) is 3.40. The van der Waals surface area contributed by atoms with Crippen molar-refractivity contribution in [3.05, 3.63) is 78.9 Å². The molecule has 20 heavy (non-hydrogen) atoms. The quantitative estimate of drug-likeness (QED) is 0.499. The van der Waals surface area contributed by atoms with Crippen LogP contribution < -0.4 is 0 Å². The summed E-state index contributed by atoms with van der Waals surface area (Å²) in [6.07, 6.45) is 8.09. The maximum absolute atomic E-state index is 3.92. The van der Waals surface area contributed by atoms with Crippen LogP contribution in [0.3, 0.4) is 0 Å². The van der Waals surface area contributed by atoms with Crippen molar-refractivity contribution < 1.29 is 0 Å². The lowest BCUT2D eigenvalue weighted by Gasteiger charge is -2.02. The van der Waals surface area contributed by atoms with E-state index in [4.69, 9.17) is 0 Å². The predicted molar refractivity (Wildman–Crippen MR) is 92.3 cm³/mol. The summed E-state index contributed by atoms with van der Waals surface area (Å²) in [6.45, 7) is 5.94. The summed E-state index contributed by atoms with van der Waals surface area (Å²) in [5.74, 6) is 0. The van der Waals surface area contributed by atoms with Gasteiger partial charge in [-0.15, -0.1) is 11.3 Å². The topological polar surface area (TPSA) is 0 Å². The molecule has 1 heteroatoms. The fraction of sp³-hybridized carbons (Fsp3) is 0.0526. The van der Waals surface area contributed by atoms with Gasteiger partial charge in [0.25, 0.3) is 0 Å². The standard InChI is InChI=1S/C19H16S/c1-3-5-8-14(4-2)15-11-12-19-17(13-15)16-9-6-7-10-18(16)20-19/h3-13H,2H2,1H3/b5-3-,14-8+. The Balaban J connectivity index is 2.23. The first-order chi connectivity index (χ1) is 9.83. The molecule has 0 bridgehead atoms. The Morgan fingerprint density at radius 2 is 1.85 bits per heavy atom. The minimum atomic E-state index is 1.15. The molecule has 0 saturated carbocycles.